The molecular formula is C23H34N4O7S. The van der Waals surface area contributed by atoms with Crippen molar-refractivity contribution in [3.8, 4) is 11.5 Å². The molecule has 5 atom stereocenters. The first-order chi connectivity index (χ1) is 16.6. The second-order valence-corrected chi connectivity index (χ2v) is 9.12. The minimum atomic E-state index is -1.39. The maximum atomic E-state index is 11.8. The normalized spacial score (nSPS) is 24.4. The average molecular weight is 511 g/mol. The van der Waals surface area contributed by atoms with E-state index in [1.54, 1.807) is 14.2 Å². The van der Waals surface area contributed by atoms with Gasteiger partial charge in [-0.25, -0.2) is 4.68 Å². The van der Waals surface area contributed by atoms with Crippen molar-refractivity contribution in [2.45, 2.75) is 70.2 Å². The molecule has 4 N–H and O–H groups in total. The summed E-state index contributed by atoms with van der Waals surface area (Å²) in [7, 11) is 3.17. The van der Waals surface area contributed by atoms with Crippen LogP contribution in [0.1, 0.15) is 44.4 Å². The molecule has 0 bridgehead atoms. The second-order valence-electron chi connectivity index (χ2n) is 8.75. The van der Waals surface area contributed by atoms with E-state index in [-0.39, 0.29) is 6.04 Å². The number of hydrogen-bond acceptors (Lipinski definition) is 9. The molecule has 1 aliphatic heterocycles. The number of aromatic nitrogens is 3. The zero-order chi connectivity index (χ0) is 25.9. The fourth-order valence-electron chi connectivity index (χ4n) is 4.28. The van der Waals surface area contributed by atoms with Gasteiger partial charge >= 0.3 is 0 Å². The molecular weight excluding hydrogens is 476 g/mol. The molecule has 2 heterocycles. The zero-order valence-electron chi connectivity index (χ0n) is 20.5. The summed E-state index contributed by atoms with van der Waals surface area (Å²) in [5, 5.41) is 38.0. The topological polar surface area (TPSA) is 140 Å². The van der Waals surface area contributed by atoms with E-state index in [2.05, 4.69) is 5.32 Å². The lowest BCUT2D eigenvalue weighted by molar-refractivity contribution is -0.219. The van der Waals surface area contributed by atoms with Crippen molar-refractivity contribution in [3.05, 3.63) is 34.4 Å². The minimum Gasteiger partial charge on any atom is -0.493 e. The molecule has 1 fully saturated rings. The summed E-state index contributed by atoms with van der Waals surface area (Å²) in [5.41, 5.74) is 1.02. The van der Waals surface area contributed by atoms with E-state index in [0.29, 0.717) is 34.9 Å². The van der Waals surface area contributed by atoms with Crippen LogP contribution in [0.2, 0.25) is 0 Å². The van der Waals surface area contributed by atoms with Crippen LogP contribution in [0.3, 0.4) is 0 Å². The summed E-state index contributed by atoms with van der Waals surface area (Å²) in [6, 6.07) is 4.66. The van der Waals surface area contributed by atoms with Crippen LogP contribution in [-0.2, 0) is 22.4 Å². The lowest BCUT2D eigenvalue weighted by Gasteiger charge is -2.42. The Labute approximate surface area is 209 Å². The molecule has 1 amide bonds. The SMILES string of the molecule is COc1ccc(CCc2nn([C@@H]3O[C@H](CO)[C@@H](O)[C@H](O)[C@H]3NC(C)=O)c(=S)n2C(C)C)cc1OC. The van der Waals surface area contributed by atoms with Crippen LogP contribution in [-0.4, -0.2) is 80.8 Å². The molecule has 1 aromatic heterocycles. The molecule has 3 rings (SSSR count). The average Bonchev–Trinajstić information content (AvgIpc) is 3.16. The van der Waals surface area contributed by atoms with Crippen LogP contribution >= 0.6 is 12.2 Å². The lowest BCUT2D eigenvalue weighted by Crippen LogP contribution is -2.62. The zero-order valence-corrected chi connectivity index (χ0v) is 21.4. The number of aliphatic hydroxyl groups is 3. The van der Waals surface area contributed by atoms with E-state index < -0.39 is 43.1 Å². The van der Waals surface area contributed by atoms with Crippen LogP contribution in [0.15, 0.2) is 18.2 Å². The van der Waals surface area contributed by atoms with Gasteiger partial charge in [0.2, 0.25) is 10.7 Å². The van der Waals surface area contributed by atoms with Crippen LogP contribution < -0.4 is 14.8 Å². The first kappa shape index (κ1) is 27.1. The van der Waals surface area contributed by atoms with Crippen molar-refractivity contribution in [2.75, 3.05) is 20.8 Å². The van der Waals surface area contributed by atoms with Crippen molar-refractivity contribution in [2.24, 2.45) is 0 Å². The van der Waals surface area contributed by atoms with Crippen molar-refractivity contribution in [1.29, 1.82) is 0 Å². The fraction of sp³-hybridized carbons (Fsp3) is 0.609. The molecule has 0 aliphatic carbocycles. The van der Waals surface area contributed by atoms with Crippen LogP contribution in [0.4, 0.5) is 0 Å². The van der Waals surface area contributed by atoms with Gasteiger partial charge in [0.25, 0.3) is 0 Å². The number of amides is 1. The van der Waals surface area contributed by atoms with E-state index in [0.717, 1.165) is 5.56 Å². The predicted molar refractivity (Wildman–Crippen MR) is 129 cm³/mol. The van der Waals surface area contributed by atoms with Crippen molar-refractivity contribution >= 4 is 18.1 Å². The Hall–Kier alpha value is -2.51. The van der Waals surface area contributed by atoms with Crippen molar-refractivity contribution in [3.63, 3.8) is 0 Å². The molecule has 1 aromatic carbocycles. The number of nitrogens with one attached hydrogen (secondary N) is 1. The van der Waals surface area contributed by atoms with E-state index in [1.165, 1.54) is 11.6 Å². The number of aliphatic hydroxyl groups excluding tert-OH is 3. The van der Waals surface area contributed by atoms with E-state index in [1.807, 2.05) is 36.6 Å². The molecule has 1 saturated heterocycles. The number of carbonyl (C=O) groups is 1. The first-order valence-electron chi connectivity index (χ1n) is 11.4. The van der Waals surface area contributed by atoms with Gasteiger partial charge in [-0.3, -0.25) is 4.79 Å². The van der Waals surface area contributed by atoms with Gasteiger partial charge in [-0.2, -0.15) is 5.10 Å². The van der Waals surface area contributed by atoms with Gasteiger partial charge in [0.15, 0.2) is 17.7 Å². The number of carbonyl (C=O) groups excluding carboxylic acids is 1. The highest BCUT2D eigenvalue weighted by Gasteiger charge is 2.46. The molecule has 12 heteroatoms. The highest BCUT2D eigenvalue weighted by atomic mass is 32.1. The van der Waals surface area contributed by atoms with Gasteiger partial charge in [-0.1, -0.05) is 6.07 Å². The van der Waals surface area contributed by atoms with Gasteiger partial charge in [-0.15, -0.1) is 0 Å². The van der Waals surface area contributed by atoms with Crippen molar-refractivity contribution < 1.29 is 34.3 Å². The maximum absolute atomic E-state index is 11.8. The number of methoxy groups -OCH3 is 2. The summed E-state index contributed by atoms with van der Waals surface area (Å²) in [4.78, 5) is 11.8. The molecule has 1 aliphatic rings. The Morgan fingerprint density at radius 1 is 1.20 bits per heavy atom. The summed E-state index contributed by atoms with van der Waals surface area (Å²) < 4.78 is 20.2. The standard InChI is InChI=1S/C23H34N4O7S/c1-12(2)26-18(9-7-14-6-8-15(32-4)16(10-14)33-5)25-27(23(26)35)22-19(24-13(3)29)21(31)20(30)17(11-28)34-22/h6,8,10,12,17,19-22,28,30-31H,7,9,11H2,1-5H3,(H,24,29)/t17-,19-,20-,21-,22-/m1/s1. The Morgan fingerprint density at radius 3 is 2.46 bits per heavy atom. The van der Waals surface area contributed by atoms with Gasteiger partial charge in [0.1, 0.15) is 30.2 Å². The molecule has 194 valence electrons. The highest BCUT2D eigenvalue weighted by molar-refractivity contribution is 7.71. The maximum Gasteiger partial charge on any atom is 0.217 e. The number of benzene rings is 1. The van der Waals surface area contributed by atoms with Gasteiger partial charge in [0, 0.05) is 19.4 Å². The summed E-state index contributed by atoms with van der Waals surface area (Å²) >= 11 is 5.71. The fourth-order valence-corrected chi connectivity index (χ4v) is 4.74. The molecule has 0 saturated carbocycles. The third-order valence-electron chi connectivity index (χ3n) is 6.02. The summed E-state index contributed by atoms with van der Waals surface area (Å²) in [6.45, 7) is 4.73. The summed E-state index contributed by atoms with van der Waals surface area (Å²) in [5.74, 6) is 1.54. The number of nitrogens with zero attached hydrogens (tertiary/aromatic N) is 3. The molecule has 0 unspecified atom stereocenters. The Bertz CT molecular complexity index is 1090. The van der Waals surface area contributed by atoms with Crippen LogP contribution in [0, 0.1) is 4.77 Å². The number of ether oxygens (including phenoxy) is 3. The second kappa shape index (κ2) is 11.5. The summed E-state index contributed by atoms with van der Waals surface area (Å²) in [6.07, 6.45) is -3.70. The largest absolute Gasteiger partial charge is 0.493 e. The van der Waals surface area contributed by atoms with Crippen LogP contribution in [0.25, 0.3) is 0 Å². The lowest BCUT2D eigenvalue weighted by atomic mass is 9.96. The Balaban J connectivity index is 1.96. The number of rotatable bonds is 9. The smallest absolute Gasteiger partial charge is 0.217 e. The molecule has 2 aromatic rings. The quantitative estimate of drug-likeness (QED) is 0.362. The van der Waals surface area contributed by atoms with E-state index >= 15 is 0 Å². The van der Waals surface area contributed by atoms with Gasteiger partial charge < -0.3 is 39.4 Å². The Kier molecular flexibility index (Phi) is 8.89. The number of hydrogen-bond donors (Lipinski definition) is 4. The van der Waals surface area contributed by atoms with E-state index in [9.17, 15) is 20.1 Å². The van der Waals surface area contributed by atoms with Crippen molar-refractivity contribution in [1.82, 2.24) is 19.7 Å². The van der Waals surface area contributed by atoms with E-state index in [4.69, 9.17) is 31.5 Å². The van der Waals surface area contributed by atoms with Gasteiger partial charge in [-0.05, 0) is 50.2 Å². The molecule has 35 heavy (non-hydrogen) atoms. The molecule has 0 spiro atoms. The third-order valence-corrected chi connectivity index (χ3v) is 6.40. The minimum absolute atomic E-state index is 0.0244. The molecule has 11 nitrogen and oxygen atoms in total. The monoisotopic (exact) mass is 510 g/mol. The third kappa shape index (κ3) is 5.67. The molecule has 0 radical (unpaired) electrons. The predicted octanol–water partition coefficient (Wildman–Crippen LogP) is 0.914. The van der Waals surface area contributed by atoms with Crippen LogP contribution in [0.5, 0.6) is 11.5 Å². The van der Waals surface area contributed by atoms with Gasteiger partial charge in [0.05, 0.1) is 20.8 Å². The first-order valence-corrected chi connectivity index (χ1v) is 11.8. The number of aryl methyl sites for hydroxylation is 2. The highest BCUT2D eigenvalue weighted by Crippen LogP contribution is 2.30. The Morgan fingerprint density at radius 2 is 1.89 bits per heavy atom.